The van der Waals surface area contributed by atoms with E-state index in [-0.39, 0.29) is 5.78 Å². The Morgan fingerprint density at radius 1 is 1.10 bits per heavy atom. The molecule has 0 aliphatic carbocycles. The molecular formula is C16H13BrClNO. The van der Waals surface area contributed by atoms with Gasteiger partial charge in [0.2, 0.25) is 0 Å². The van der Waals surface area contributed by atoms with E-state index in [1.165, 1.54) is 0 Å². The number of hydrogen-bond donors (Lipinski definition) is 1. The van der Waals surface area contributed by atoms with Crippen molar-refractivity contribution in [2.24, 2.45) is 0 Å². The predicted octanol–water partition coefficient (Wildman–Crippen LogP) is 5.30. The van der Waals surface area contributed by atoms with E-state index >= 15 is 0 Å². The van der Waals surface area contributed by atoms with Crippen LogP contribution in [0.5, 0.6) is 0 Å². The number of hydrogen-bond acceptors (Lipinski definition) is 2. The van der Waals surface area contributed by atoms with Crippen LogP contribution in [-0.4, -0.2) is 5.78 Å². The van der Waals surface area contributed by atoms with Gasteiger partial charge in [-0.1, -0.05) is 27.5 Å². The van der Waals surface area contributed by atoms with Gasteiger partial charge in [-0.05, 0) is 55.5 Å². The van der Waals surface area contributed by atoms with E-state index in [0.29, 0.717) is 10.6 Å². The van der Waals surface area contributed by atoms with E-state index in [9.17, 15) is 4.79 Å². The Hall–Kier alpha value is -1.58. The van der Waals surface area contributed by atoms with Gasteiger partial charge in [0.05, 0.1) is 0 Å². The molecule has 0 aromatic heterocycles. The molecule has 4 heteroatoms. The lowest BCUT2D eigenvalue weighted by molar-refractivity contribution is 0.104. The lowest BCUT2D eigenvalue weighted by Crippen LogP contribution is -2.01. The molecule has 0 aliphatic heterocycles. The van der Waals surface area contributed by atoms with E-state index in [1.807, 2.05) is 31.2 Å². The molecule has 2 nitrogen and oxygen atoms in total. The number of ketones is 1. The summed E-state index contributed by atoms with van der Waals surface area (Å²) < 4.78 is 0.953. The van der Waals surface area contributed by atoms with Gasteiger partial charge < -0.3 is 5.32 Å². The number of nitrogens with one attached hydrogen (secondary N) is 1. The van der Waals surface area contributed by atoms with E-state index in [0.717, 1.165) is 15.9 Å². The van der Waals surface area contributed by atoms with Crippen LogP contribution >= 0.6 is 27.5 Å². The molecule has 0 heterocycles. The molecule has 0 aliphatic rings. The maximum absolute atomic E-state index is 12.1. The number of allylic oxidation sites excluding steroid dienone is 2. The molecule has 0 fully saturated rings. The topological polar surface area (TPSA) is 29.1 Å². The van der Waals surface area contributed by atoms with Crippen molar-refractivity contribution in [2.45, 2.75) is 6.92 Å². The number of carbonyl (C=O) groups excluding carboxylic acids is 1. The van der Waals surface area contributed by atoms with Gasteiger partial charge in [-0.15, -0.1) is 0 Å². The number of benzene rings is 2. The van der Waals surface area contributed by atoms with Crippen LogP contribution in [0.4, 0.5) is 5.69 Å². The van der Waals surface area contributed by atoms with Gasteiger partial charge in [-0.2, -0.15) is 0 Å². The Kier molecular flexibility index (Phi) is 4.99. The normalized spacial score (nSPS) is 11.2. The lowest BCUT2D eigenvalue weighted by atomic mass is 10.1. The fourth-order valence-corrected chi connectivity index (χ4v) is 2.08. The molecule has 102 valence electrons. The third-order valence-corrected chi connectivity index (χ3v) is 3.44. The summed E-state index contributed by atoms with van der Waals surface area (Å²) in [6, 6.07) is 14.6. The van der Waals surface area contributed by atoms with Crippen LogP contribution in [0.3, 0.4) is 0 Å². The SMILES string of the molecule is C/C(=C\C(=O)c1ccc(Br)cc1)Nc1ccc(Cl)cc1. The second kappa shape index (κ2) is 6.73. The van der Waals surface area contributed by atoms with Crippen molar-refractivity contribution >= 4 is 39.0 Å². The smallest absolute Gasteiger partial charge is 0.187 e. The summed E-state index contributed by atoms with van der Waals surface area (Å²) in [7, 11) is 0. The summed E-state index contributed by atoms with van der Waals surface area (Å²) in [6.07, 6.45) is 1.58. The van der Waals surface area contributed by atoms with Gasteiger partial charge in [0.25, 0.3) is 0 Å². The van der Waals surface area contributed by atoms with Crippen molar-refractivity contribution in [3.63, 3.8) is 0 Å². The monoisotopic (exact) mass is 349 g/mol. The summed E-state index contributed by atoms with van der Waals surface area (Å²) in [5.41, 5.74) is 2.33. The quantitative estimate of drug-likeness (QED) is 0.599. The van der Waals surface area contributed by atoms with Crippen LogP contribution in [0.15, 0.2) is 64.8 Å². The highest BCUT2D eigenvalue weighted by Crippen LogP contribution is 2.16. The van der Waals surface area contributed by atoms with Crippen molar-refractivity contribution < 1.29 is 4.79 Å². The van der Waals surface area contributed by atoms with E-state index in [1.54, 1.807) is 30.3 Å². The summed E-state index contributed by atoms with van der Waals surface area (Å²) >= 11 is 9.17. The van der Waals surface area contributed by atoms with Gasteiger partial charge in [0, 0.05) is 32.5 Å². The minimum Gasteiger partial charge on any atom is -0.359 e. The molecule has 0 saturated heterocycles. The highest BCUT2D eigenvalue weighted by atomic mass is 79.9. The first-order chi connectivity index (χ1) is 9.54. The Morgan fingerprint density at radius 3 is 2.30 bits per heavy atom. The van der Waals surface area contributed by atoms with Gasteiger partial charge in [-0.3, -0.25) is 4.79 Å². The van der Waals surface area contributed by atoms with Gasteiger partial charge in [0.1, 0.15) is 0 Å². The van der Waals surface area contributed by atoms with Crippen LogP contribution in [0, 0.1) is 0 Å². The fraction of sp³-hybridized carbons (Fsp3) is 0.0625. The summed E-state index contributed by atoms with van der Waals surface area (Å²) in [5, 5.41) is 3.84. The second-order valence-corrected chi connectivity index (χ2v) is 5.68. The molecule has 2 aromatic rings. The summed E-state index contributed by atoms with van der Waals surface area (Å²) in [4.78, 5) is 12.1. The maximum Gasteiger partial charge on any atom is 0.187 e. The molecule has 0 radical (unpaired) electrons. The van der Waals surface area contributed by atoms with Gasteiger partial charge >= 0.3 is 0 Å². The van der Waals surface area contributed by atoms with E-state index < -0.39 is 0 Å². The summed E-state index contributed by atoms with van der Waals surface area (Å²) in [5.74, 6) is -0.0311. The van der Waals surface area contributed by atoms with Gasteiger partial charge in [-0.25, -0.2) is 0 Å². The van der Waals surface area contributed by atoms with E-state index in [4.69, 9.17) is 11.6 Å². The molecule has 2 aromatic carbocycles. The highest BCUT2D eigenvalue weighted by Gasteiger charge is 2.03. The molecule has 0 atom stereocenters. The van der Waals surface area contributed by atoms with Crippen molar-refractivity contribution in [3.8, 4) is 0 Å². The fourth-order valence-electron chi connectivity index (χ4n) is 1.69. The maximum atomic E-state index is 12.1. The number of halogens is 2. The zero-order valence-corrected chi connectivity index (χ0v) is 13.2. The molecule has 0 amide bonds. The molecular weight excluding hydrogens is 338 g/mol. The largest absolute Gasteiger partial charge is 0.359 e. The number of anilines is 1. The minimum absolute atomic E-state index is 0.0311. The molecule has 0 unspecified atom stereocenters. The van der Waals surface area contributed by atoms with E-state index in [2.05, 4.69) is 21.2 Å². The molecule has 0 bridgehead atoms. The van der Waals surface area contributed by atoms with Crippen LogP contribution in [0.25, 0.3) is 0 Å². The van der Waals surface area contributed by atoms with Crippen molar-refractivity contribution in [1.29, 1.82) is 0 Å². The van der Waals surface area contributed by atoms with Crippen LogP contribution in [0.1, 0.15) is 17.3 Å². The van der Waals surface area contributed by atoms with Crippen LogP contribution in [0.2, 0.25) is 5.02 Å². The highest BCUT2D eigenvalue weighted by molar-refractivity contribution is 9.10. The standard InChI is InChI=1S/C16H13BrClNO/c1-11(19-15-8-6-14(18)7-9-15)10-16(20)12-2-4-13(17)5-3-12/h2-10,19H,1H3/b11-10+. The first-order valence-corrected chi connectivity index (χ1v) is 7.22. The average molecular weight is 351 g/mol. The zero-order chi connectivity index (χ0) is 14.5. The second-order valence-electron chi connectivity index (χ2n) is 4.33. The molecule has 20 heavy (non-hydrogen) atoms. The first-order valence-electron chi connectivity index (χ1n) is 6.05. The third-order valence-electron chi connectivity index (χ3n) is 2.66. The minimum atomic E-state index is -0.0311. The van der Waals surface area contributed by atoms with Crippen molar-refractivity contribution in [2.75, 3.05) is 5.32 Å². The average Bonchev–Trinajstić information content (AvgIpc) is 2.42. The number of carbonyl (C=O) groups is 1. The first kappa shape index (κ1) is 14.8. The van der Waals surface area contributed by atoms with Crippen molar-refractivity contribution in [1.82, 2.24) is 0 Å². The number of rotatable bonds is 4. The predicted molar refractivity (Wildman–Crippen MR) is 87.3 cm³/mol. The molecule has 2 rings (SSSR count). The van der Waals surface area contributed by atoms with Crippen LogP contribution in [-0.2, 0) is 0 Å². The molecule has 0 saturated carbocycles. The Morgan fingerprint density at radius 2 is 1.70 bits per heavy atom. The Labute approximate surface area is 131 Å². The van der Waals surface area contributed by atoms with Crippen LogP contribution < -0.4 is 5.32 Å². The van der Waals surface area contributed by atoms with Crippen molar-refractivity contribution in [3.05, 3.63) is 75.4 Å². The van der Waals surface area contributed by atoms with Gasteiger partial charge in [0.15, 0.2) is 5.78 Å². The Bertz CT molecular complexity index is 633. The summed E-state index contributed by atoms with van der Waals surface area (Å²) in [6.45, 7) is 1.85. The lowest BCUT2D eigenvalue weighted by Gasteiger charge is -2.06. The third kappa shape index (κ3) is 4.22. The zero-order valence-electron chi connectivity index (χ0n) is 10.9. The Balaban J connectivity index is 2.07. The molecule has 1 N–H and O–H groups in total. The molecule has 0 spiro atoms.